The van der Waals surface area contributed by atoms with E-state index in [0.29, 0.717) is 37.5 Å². The zero-order valence-electron chi connectivity index (χ0n) is 29.5. The van der Waals surface area contributed by atoms with Gasteiger partial charge < -0.3 is 29.2 Å². The summed E-state index contributed by atoms with van der Waals surface area (Å²) >= 11 is 17.8. The molecule has 2 aliphatic rings. The van der Waals surface area contributed by atoms with Crippen molar-refractivity contribution >= 4 is 75.3 Å². The Hall–Kier alpha value is -5.11. The molecule has 12 nitrogen and oxygen atoms in total. The average Bonchev–Trinajstić information content (AvgIpc) is 3.74. The number of aromatic nitrogens is 1. The predicted molar refractivity (Wildman–Crippen MR) is 200 cm³/mol. The third-order valence-electron chi connectivity index (χ3n) is 7.88. The summed E-state index contributed by atoms with van der Waals surface area (Å²) in [5, 5.41) is 19.2. The summed E-state index contributed by atoms with van der Waals surface area (Å²) < 4.78 is 35.4. The number of hydrogen-bond acceptors (Lipinski definition) is 9. The normalized spacial score (nSPS) is 14.4. The third-order valence-corrected chi connectivity index (χ3v) is 8.74. The number of carboxylic acid groups (broad SMARTS) is 2. The topological polar surface area (TPSA) is 162 Å². The largest absolute Gasteiger partial charge is 0.489 e. The van der Waals surface area contributed by atoms with Gasteiger partial charge in [-0.1, -0.05) is 34.8 Å². The molecule has 1 aromatic heterocycles. The molecule has 54 heavy (non-hydrogen) atoms. The fraction of sp³-hybridized carbons (Fsp3) is 0.289. The van der Waals surface area contributed by atoms with Gasteiger partial charge in [0.1, 0.15) is 28.6 Å². The van der Waals surface area contributed by atoms with Crippen molar-refractivity contribution in [2.24, 2.45) is 0 Å². The van der Waals surface area contributed by atoms with E-state index in [4.69, 9.17) is 64.0 Å². The summed E-state index contributed by atoms with van der Waals surface area (Å²) in [6.07, 6.45) is 3.75. The maximum absolute atomic E-state index is 14.3. The quantitative estimate of drug-likeness (QED) is 0.155. The van der Waals surface area contributed by atoms with Crippen LogP contribution >= 0.6 is 34.8 Å². The van der Waals surface area contributed by atoms with Crippen LogP contribution in [0.15, 0.2) is 72.1 Å². The van der Waals surface area contributed by atoms with Crippen LogP contribution in [0.4, 0.5) is 14.9 Å². The Morgan fingerprint density at radius 1 is 0.981 bits per heavy atom. The first kappa shape index (κ1) is 41.6. The Labute approximate surface area is 324 Å². The number of anilines is 1. The van der Waals surface area contributed by atoms with Gasteiger partial charge >= 0.3 is 23.9 Å². The van der Waals surface area contributed by atoms with Gasteiger partial charge in [-0.25, -0.2) is 23.7 Å². The van der Waals surface area contributed by atoms with Gasteiger partial charge in [-0.3, -0.25) is 9.78 Å². The lowest BCUT2D eigenvalue weighted by Gasteiger charge is -2.18. The van der Waals surface area contributed by atoms with E-state index in [9.17, 15) is 23.6 Å². The van der Waals surface area contributed by atoms with Crippen molar-refractivity contribution in [3.8, 4) is 17.2 Å². The number of carbonyl (C=O) groups excluding carboxylic acids is 2. The van der Waals surface area contributed by atoms with Crippen LogP contribution in [-0.2, 0) is 19.1 Å². The molecule has 4 aromatic rings. The van der Waals surface area contributed by atoms with Crippen LogP contribution in [-0.4, -0.2) is 58.0 Å². The van der Waals surface area contributed by atoms with E-state index in [1.807, 2.05) is 6.92 Å². The van der Waals surface area contributed by atoms with E-state index in [1.54, 1.807) is 62.5 Å². The molecule has 1 saturated heterocycles. The number of fused-ring (bicyclic) bond motifs is 1. The fourth-order valence-electron chi connectivity index (χ4n) is 5.20. The van der Waals surface area contributed by atoms with Crippen LogP contribution in [0.5, 0.6) is 17.2 Å². The number of nitrogens with zero attached hydrogens (tertiary/aromatic N) is 2. The maximum atomic E-state index is 14.3. The minimum absolute atomic E-state index is 0.00962. The highest BCUT2D eigenvalue weighted by Gasteiger charge is 2.40. The number of ether oxygens (including phenoxy) is 4. The second-order valence-corrected chi connectivity index (χ2v) is 13.5. The highest BCUT2D eigenvalue weighted by atomic mass is 35.5. The molecule has 0 spiro atoms. The lowest BCUT2D eigenvalue weighted by molar-refractivity contribution is -0.144. The van der Waals surface area contributed by atoms with Gasteiger partial charge in [-0.15, -0.1) is 0 Å². The van der Waals surface area contributed by atoms with E-state index < -0.39 is 42.5 Å². The Kier molecular flexibility index (Phi) is 14.5. The van der Waals surface area contributed by atoms with Crippen LogP contribution in [0.25, 0.3) is 10.9 Å². The molecule has 1 atom stereocenters. The van der Waals surface area contributed by atoms with Crippen LogP contribution in [0, 0.1) is 12.7 Å². The van der Waals surface area contributed by atoms with Crippen LogP contribution in [0.1, 0.15) is 52.0 Å². The summed E-state index contributed by atoms with van der Waals surface area (Å²) in [7, 11) is 0. The van der Waals surface area contributed by atoms with Crippen molar-refractivity contribution in [3.05, 3.63) is 98.6 Å². The third kappa shape index (κ3) is 10.7. The molecular formula is C38H36Cl3FN2O10. The van der Waals surface area contributed by atoms with Gasteiger partial charge in [0.25, 0.3) is 0 Å². The minimum atomic E-state index is -1.03. The summed E-state index contributed by atoms with van der Waals surface area (Å²) in [4.78, 5) is 50.0. The molecule has 3 aromatic carbocycles. The number of amides is 2. The van der Waals surface area contributed by atoms with E-state index in [0.717, 1.165) is 42.7 Å². The van der Waals surface area contributed by atoms with E-state index in [-0.39, 0.29) is 28.3 Å². The lowest BCUT2D eigenvalue weighted by Crippen LogP contribution is -2.29. The number of halogens is 4. The number of carbonyl (C=O) groups is 4. The number of aryl methyl sites for hydroxylation is 1. The second-order valence-electron chi connectivity index (χ2n) is 12.2. The summed E-state index contributed by atoms with van der Waals surface area (Å²) in [6.45, 7) is 6.17. The first-order chi connectivity index (χ1) is 25.6. The Morgan fingerprint density at radius 2 is 1.67 bits per heavy atom. The number of allylic oxidation sites excluding steroid dienone is 1. The zero-order valence-corrected chi connectivity index (χ0v) is 31.8. The first-order valence-electron chi connectivity index (χ1n) is 16.5. The molecule has 2 N–H and O–H groups in total. The number of aliphatic carboxylic acids is 2. The highest BCUT2D eigenvalue weighted by Crippen LogP contribution is 2.38. The molecule has 16 heteroatoms. The summed E-state index contributed by atoms with van der Waals surface area (Å²) in [6, 6.07) is 14.2. The molecule has 2 amide bonds. The lowest BCUT2D eigenvalue weighted by atomic mass is 10.2. The van der Waals surface area contributed by atoms with Gasteiger partial charge in [0.2, 0.25) is 0 Å². The van der Waals surface area contributed by atoms with Gasteiger partial charge in [0.05, 0.1) is 21.8 Å². The van der Waals surface area contributed by atoms with Gasteiger partial charge in [-0.05, 0) is 113 Å². The molecule has 2 fully saturated rings. The number of pyridine rings is 1. The predicted octanol–water partition coefficient (Wildman–Crippen LogP) is 9.43. The van der Waals surface area contributed by atoms with E-state index in [2.05, 4.69) is 4.98 Å². The smallest absolute Gasteiger partial charge is 0.427 e. The molecule has 0 radical (unpaired) electrons. The number of imide groups is 1. The Bertz CT molecular complexity index is 2080. The van der Waals surface area contributed by atoms with Gasteiger partial charge in [0.15, 0.2) is 18.5 Å². The standard InChI is InChI=1S/C17H17ClFNO4.C11H8ClNO3.C10H11ClO3/c1-9(2)15-16(21)20(17(22)24-15)13-8-14(11(18)7-12(13)19)23-10-5-3-4-6-10;12-8-3-4-9(16-6-10(14)15)11-7(8)2-1-5-13-11;1-6-5-8(11)3-4-9(6)14-7(2)10(12)13/h7-8,10H,3-6H2,1-2H3;1-5H,6H2,(H,14,15);3-5,7H,1-2H3,(H,12,13). The molecule has 0 bridgehead atoms. The molecular weight excluding hydrogens is 770 g/mol. The number of rotatable bonds is 9. The Morgan fingerprint density at radius 3 is 2.28 bits per heavy atom. The van der Waals surface area contributed by atoms with Crippen molar-refractivity contribution < 1.29 is 52.7 Å². The van der Waals surface area contributed by atoms with E-state index >= 15 is 0 Å². The average molecular weight is 806 g/mol. The van der Waals surface area contributed by atoms with E-state index in [1.165, 1.54) is 13.0 Å². The number of benzene rings is 3. The molecule has 1 saturated carbocycles. The summed E-state index contributed by atoms with van der Waals surface area (Å²) in [5.41, 5.74) is 1.70. The van der Waals surface area contributed by atoms with Crippen LogP contribution in [0.3, 0.4) is 0 Å². The van der Waals surface area contributed by atoms with Crippen LogP contribution in [0.2, 0.25) is 15.1 Å². The minimum Gasteiger partial charge on any atom is -0.489 e. The molecule has 2 heterocycles. The first-order valence-corrected chi connectivity index (χ1v) is 17.6. The van der Waals surface area contributed by atoms with Crippen LogP contribution < -0.4 is 19.1 Å². The van der Waals surface area contributed by atoms with Crippen molar-refractivity contribution in [1.29, 1.82) is 0 Å². The molecule has 1 aliphatic carbocycles. The molecule has 286 valence electrons. The summed E-state index contributed by atoms with van der Waals surface area (Å²) in [5.74, 6) is -2.38. The van der Waals surface area contributed by atoms with Crippen molar-refractivity contribution in [3.63, 3.8) is 0 Å². The highest BCUT2D eigenvalue weighted by molar-refractivity contribution is 6.35. The monoisotopic (exact) mass is 804 g/mol. The number of cyclic esters (lactones) is 1. The van der Waals surface area contributed by atoms with Crippen molar-refractivity contribution in [1.82, 2.24) is 4.98 Å². The zero-order chi connectivity index (χ0) is 39.7. The number of hydrogen-bond donors (Lipinski definition) is 2. The molecule has 1 unspecified atom stereocenters. The maximum Gasteiger partial charge on any atom is 0.427 e. The molecule has 1 aliphatic heterocycles. The van der Waals surface area contributed by atoms with Gasteiger partial charge in [0, 0.05) is 22.7 Å². The van der Waals surface area contributed by atoms with Crippen molar-refractivity contribution in [2.45, 2.75) is 65.6 Å². The number of carboxylic acids is 2. The van der Waals surface area contributed by atoms with Crippen molar-refractivity contribution in [2.75, 3.05) is 11.5 Å². The van der Waals surface area contributed by atoms with Gasteiger partial charge in [-0.2, -0.15) is 0 Å². The second kappa shape index (κ2) is 18.8. The fourth-order valence-corrected chi connectivity index (χ4v) is 5.84. The Balaban J connectivity index is 0.000000190. The molecule has 6 rings (SSSR count). The SMILES string of the molecule is CC(C)=C1OC(=O)N(c2cc(OC3CCCC3)c(Cl)cc2F)C1=O.Cc1cc(Cl)ccc1OC(C)C(=O)O.O=C(O)COc1ccc(Cl)c2cccnc12.